The van der Waals surface area contributed by atoms with Crippen molar-refractivity contribution in [3.8, 4) is 11.3 Å². The van der Waals surface area contributed by atoms with Gasteiger partial charge in [0.25, 0.3) is 5.69 Å². The lowest BCUT2D eigenvalue weighted by molar-refractivity contribution is -0.384. The number of nitrogens with one attached hydrogen (secondary N) is 1. The van der Waals surface area contributed by atoms with Crippen molar-refractivity contribution in [1.29, 1.82) is 0 Å². The van der Waals surface area contributed by atoms with Crippen molar-refractivity contribution in [3.63, 3.8) is 0 Å². The predicted octanol–water partition coefficient (Wildman–Crippen LogP) is 1.65. The molecular formula is C12H8N2O5. The number of nitro groups is 1. The summed E-state index contributed by atoms with van der Waals surface area (Å²) in [5.41, 5.74) is -0.311. The van der Waals surface area contributed by atoms with E-state index in [1.54, 1.807) is 6.07 Å². The molecule has 0 saturated carbocycles. The number of aromatic carboxylic acids is 1. The molecule has 0 aliphatic carbocycles. The predicted molar refractivity (Wildman–Crippen MR) is 66.1 cm³/mol. The summed E-state index contributed by atoms with van der Waals surface area (Å²) in [5.74, 6) is -1.27. The molecule has 2 N–H and O–H groups in total. The van der Waals surface area contributed by atoms with Gasteiger partial charge in [-0.15, -0.1) is 0 Å². The van der Waals surface area contributed by atoms with Crippen LogP contribution in [0.1, 0.15) is 10.5 Å². The van der Waals surface area contributed by atoms with Gasteiger partial charge in [0, 0.05) is 29.8 Å². The number of carboxylic acid groups (broad SMARTS) is 1. The van der Waals surface area contributed by atoms with E-state index >= 15 is 0 Å². The Morgan fingerprint density at radius 1 is 1.26 bits per heavy atom. The zero-order valence-corrected chi connectivity index (χ0v) is 9.49. The van der Waals surface area contributed by atoms with E-state index in [-0.39, 0.29) is 17.1 Å². The Labute approximate surface area is 106 Å². The van der Waals surface area contributed by atoms with E-state index in [9.17, 15) is 19.7 Å². The molecule has 1 aromatic carbocycles. The van der Waals surface area contributed by atoms with Gasteiger partial charge < -0.3 is 10.1 Å². The molecule has 0 atom stereocenters. The first-order chi connectivity index (χ1) is 8.97. The van der Waals surface area contributed by atoms with Crippen LogP contribution >= 0.6 is 0 Å². The number of hydrogen-bond donors (Lipinski definition) is 2. The van der Waals surface area contributed by atoms with Crippen molar-refractivity contribution in [2.24, 2.45) is 0 Å². The van der Waals surface area contributed by atoms with Crippen LogP contribution in [0.4, 0.5) is 5.69 Å². The first kappa shape index (κ1) is 12.5. The molecule has 1 aromatic heterocycles. The summed E-state index contributed by atoms with van der Waals surface area (Å²) >= 11 is 0. The highest BCUT2D eigenvalue weighted by molar-refractivity contribution is 5.86. The van der Waals surface area contributed by atoms with Gasteiger partial charge in [-0.3, -0.25) is 14.9 Å². The van der Waals surface area contributed by atoms with Crippen LogP contribution in [0.15, 0.2) is 41.2 Å². The van der Waals surface area contributed by atoms with E-state index in [4.69, 9.17) is 5.11 Å². The van der Waals surface area contributed by atoms with E-state index in [1.807, 2.05) is 0 Å². The van der Waals surface area contributed by atoms with Crippen LogP contribution in [-0.2, 0) is 0 Å². The molecule has 96 valence electrons. The van der Waals surface area contributed by atoms with Crippen LogP contribution in [0.2, 0.25) is 0 Å². The third-order valence-electron chi connectivity index (χ3n) is 2.44. The van der Waals surface area contributed by atoms with E-state index in [2.05, 4.69) is 4.98 Å². The summed E-state index contributed by atoms with van der Waals surface area (Å²) in [6.45, 7) is 0. The minimum Gasteiger partial charge on any atom is -0.477 e. The molecule has 1 heterocycles. The number of pyridine rings is 1. The number of carboxylic acids is 1. The first-order valence-electron chi connectivity index (χ1n) is 5.20. The fourth-order valence-corrected chi connectivity index (χ4v) is 1.60. The van der Waals surface area contributed by atoms with Crippen LogP contribution in [0.5, 0.6) is 0 Å². The van der Waals surface area contributed by atoms with Gasteiger partial charge in [0.15, 0.2) is 5.43 Å². The molecule has 0 fully saturated rings. The van der Waals surface area contributed by atoms with E-state index in [1.165, 1.54) is 24.3 Å². The Hall–Kier alpha value is -2.96. The van der Waals surface area contributed by atoms with Crippen molar-refractivity contribution in [3.05, 3.63) is 62.4 Å². The Morgan fingerprint density at radius 3 is 2.63 bits per heavy atom. The summed E-state index contributed by atoms with van der Waals surface area (Å²) in [4.78, 5) is 34.9. The molecule has 0 amide bonds. The van der Waals surface area contributed by atoms with Gasteiger partial charge in [-0.05, 0) is 0 Å². The molecule has 0 aliphatic heterocycles. The fraction of sp³-hybridized carbons (Fsp3) is 0. The molecule has 0 spiro atoms. The minimum absolute atomic E-state index is 0.140. The Balaban J connectivity index is 2.58. The Kier molecular flexibility index (Phi) is 3.11. The number of nitrogens with zero attached hydrogens (tertiary/aromatic N) is 1. The SMILES string of the molecule is O=C(O)c1cc(=O)cc(-c2cccc([N+](=O)[O-])c2)[nH]1. The highest BCUT2D eigenvalue weighted by Crippen LogP contribution is 2.21. The summed E-state index contributed by atoms with van der Waals surface area (Å²) in [6.07, 6.45) is 0. The fourth-order valence-electron chi connectivity index (χ4n) is 1.60. The van der Waals surface area contributed by atoms with Crippen molar-refractivity contribution in [2.45, 2.75) is 0 Å². The molecule has 2 aromatic rings. The summed E-state index contributed by atoms with van der Waals surface area (Å²) in [6, 6.07) is 7.71. The van der Waals surface area contributed by atoms with Crippen LogP contribution in [-0.4, -0.2) is 21.0 Å². The van der Waals surface area contributed by atoms with Crippen LogP contribution < -0.4 is 5.43 Å². The molecule has 7 nitrogen and oxygen atoms in total. The molecule has 7 heteroatoms. The Morgan fingerprint density at radius 2 is 2.00 bits per heavy atom. The molecule has 2 rings (SSSR count). The lowest BCUT2D eigenvalue weighted by atomic mass is 10.1. The van der Waals surface area contributed by atoms with Gasteiger partial charge in [0.1, 0.15) is 5.69 Å². The monoisotopic (exact) mass is 260 g/mol. The van der Waals surface area contributed by atoms with E-state index in [0.717, 1.165) is 6.07 Å². The average Bonchev–Trinajstić information content (AvgIpc) is 2.38. The highest BCUT2D eigenvalue weighted by Gasteiger charge is 2.10. The number of carbonyl (C=O) groups is 1. The second-order valence-electron chi connectivity index (χ2n) is 3.76. The normalized spacial score (nSPS) is 10.1. The smallest absolute Gasteiger partial charge is 0.352 e. The zero-order valence-electron chi connectivity index (χ0n) is 9.49. The average molecular weight is 260 g/mol. The third kappa shape index (κ3) is 2.65. The maximum absolute atomic E-state index is 11.4. The summed E-state index contributed by atoms with van der Waals surface area (Å²) in [5, 5.41) is 19.5. The number of benzene rings is 1. The molecule has 19 heavy (non-hydrogen) atoms. The van der Waals surface area contributed by atoms with Crippen molar-refractivity contribution >= 4 is 11.7 Å². The van der Waals surface area contributed by atoms with Gasteiger partial charge >= 0.3 is 5.97 Å². The topological polar surface area (TPSA) is 113 Å². The highest BCUT2D eigenvalue weighted by atomic mass is 16.6. The number of aromatic amines is 1. The van der Waals surface area contributed by atoms with Crippen LogP contribution in [0, 0.1) is 10.1 Å². The third-order valence-corrected chi connectivity index (χ3v) is 2.44. The first-order valence-corrected chi connectivity index (χ1v) is 5.20. The molecule has 0 unspecified atom stereocenters. The van der Waals surface area contributed by atoms with Gasteiger partial charge in [-0.2, -0.15) is 0 Å². The number of nitro benzene ring substituents is 1. The minimum atomic E-state index is -1.27. The second-order valence-corrected chi connectivity index (χ2v) is 3.76. The summed E-state index contributed by atoms with van der Waals surface area (Å²) < 4.78 is 0. The van der Waals surface area contributed by atoms with Crippen molar-refractivity contribution in [2.75, 3.05) is 0 Å². The number of hydrogen-bond acceptors (Lipinski definition) is 4. The Bertz CT molecular complexity index is 720. The summed E-state index contributed by atoms with van der Waals surface area (Å²) in [7, 11) is 0. The van der Waals surface area contributed by atoms with Gasteiger partial charge in [0.2, 0.25) is 0 Å². The second kappa shape index (κ2) is 4.73. The molecular weight excluding hydrogens is 252 g/mol. The maximum Gasteiger partial charge on any atom is 0.352 e. The lowest BCUT2D eigenvalue weighted by Crippen LogP contribution is -2.09. The number of aromatic nitrogens is 1. The largest absolute Gasteiger partial charge is 0.477 e. The number of non-ortho nitro benzene ring substituents is 1. The molecule has 0 saturated heterocycles. The van der Waals surface area contributed by atoms with Crippen molar-refractivity contribution < 1.29 is 14.8 Å². The van der Waals surface area contributed by atoms with Crippen LogP contribution in [0.3, 0.4) is 0 Å². The molecule has 0 radical (unpaired) electrons. The number of H-pyrrole nitrogens is 1. The van der Waals surface area contributed by atoms with E-state index in [0.29, 0.717) is 5.56 Å². The standard InChI is InChI=1S/C12H8N2O5/c15-9-5-10(13-11(6-9)12(16)17)7-2-1-3-8(4-7)14(18)19/h1-6H,(H,13,15)(H,16,17). The number of rotatable bonds is 3. The van der Waals surface area contributed by atoms with E-state index < -0.39 is 16.3 Å². The van der Waals surface area contributed by atoms with Gasteiger partial charge in [0.05, 0.1) is 10.6 Å². The zero-order chi connectivity index (χ0) is 14.0. The van der Waals surface area contributed by atoms with Gasteiger partial charge in [-0.1, -0.05) is 12.1 Å². The quantitative estimate of drug-likeness (QED) is 0.643. The lowest BCUT2D eigenvalue weighted by Gasteiger charge is -2.03. The maximum atomic E-state index is 11.4. The van der Waals surface area contributed by atoms with Crippen LogP contribution in [0.25, 0.3) is 11.3 Å². The molecule has 0 bridgehead atoms. The molecule has 0 aliphatic rings. The van der Waals surface area contributed by atoms with Gasteiger partial charge in [-0.25, -0.2) is 4.79 Å². The van der Waals surface area contributed by atoms with Crippen molar-refractivity contribution in [1.82, 2.24) is 4.98 Å².